The predicted molar refractivity (Wildman–Crippen MR) is 103 cm³/mol. The molecule has 2 aromatic heterocycles. The van der Waals surface area contributed by atoms with Gasteiger partial charge in [0.2, 0.25) is 0 Å². The molecule has 1 aliphatic rings. The van der Waals surface area contributed by atoms with E-state index in [1.807, 2.05) is 23.7 Å². The van der Waals surface area contributed by atoms with Crippen molar-refractivity contribution in [3.05, 3.63) is 59.1 Å². The molecule has 0 aliphatic carbocycles. The van der Waals surface area contributed by atoms with Crippen LogP contribution in [0.2, 0.25) is 0 Å². The van der Waals surface area contributed by atoms with Gasteiger partial charge in [-0.05, 0) is 38.4 Å². The summed E-state index contributed by atoms with van der Waals surface area (Å²) in [5, 5.41) is 1.14. The predicted octanol–water partition coefficient (Wildman–Crippen LogP) is 4.23. The van der Waals surface area contributed by atoms with Crippen LogP contribution in [0.15, 0.2) is 42.9 Å². The number of likely N-dealkylation sites (tertiary alicyclic amines) is 1. The van der Waals surface area contributed by atoms with Gasteiger partial charge in [-0.3, -0.25) is 4.90 Å². The zero-order valence-electron chi connectivity index (χ0n) is 14.9. The van der Waals surface area contributed by atoms with Crippen molar-refractivity contribution in [3.63, 3.8) is 0 Å². The van der Waals surface area contributed by atoms with Gasteiger partial charge >= 0.3 is 0 Å². The fourth-order valence-electron chi connectivity index (χ4n) is 3.66. The minimum absolute atomic E-state index is 0.597. The molecular formula is C20H24N4S. The van der Waals surface area contributed by atoms with Gasteiger partial charge in [-0.15, -0.1) is 11.3 Å². The van der Waals surface area contributed by atoms with Crippen molar-refractivity contribution in [2.75, 3.05) is 13.1 Å². The Kier molecular flexibility index (Phi) is 4.68. The Hall–Kier alpha value is -1.98. The van der Waals surface area contributed by atoms with Crippen LogP contribution in [0, 0.1) is 6.92 Å². The van der Waals surface area contributed by atoms with Crippen LogP contribution in [-0.4, -0.2) is 32.5 Å². The molecule has 1 aliphatic heterocycles. The minimum atomic E-state index is 0.597. The monoisotopic (exact) mass is 352 g/mol. The van der Waals surface area contributed by atoms with Crippen LogP contribution in [-0.2, 0) is 13.6 Å². The molecule has 4 rings (SSSR count). The van der Waals surface area contributed by atoms with Gasteiger partial charge in [0.05, 0.1) is 0 Å². The highest BCUT2D eigenvalue weighted by molar-refractivity contribution is 7.15. The molecule has 5 heteroatoms. The Bertz CT molecular complexity index is 843. The van der Waals surface area contributed by atoms with Crippen molar-refractivity contribution in [3.8, 4) is 10.6 Å². The summed E-state index contributed by atoms with van der Waals surface area (Å²) < 4.78 is 2.16. The normalized spacial score (nSPS) is 16.4. The van der Waals surface area contributed by atoms with Crippen molar-refractivity contribution < 1.29 is 0 Å². The first-order chi connectivity index (χ1) is 12.2. The summed E-state index contributed by atoms with van der Waals surface area (Å²) in [4.78, 5) is 13.1. The van der Waals surface area contributed by atoms with Crippen LogP contribution >= 0.6 is 11.3 Å². The third-order valence-electron chi connectivity index (χ3n) is 5.12. The molecule has 130 valence electrons. The van der Waals surface area contributed by atoms with Crippen molar-refractivity contribution in [2.45, 2.75) is 32.2 Å². The Balaban J connectivity index is 1.38. The smallest absolute Gasteiger partial charge is 0.123 e. The first-order valence-electron chi connectivity index (χ1n) is 8.91. The highest BCUT2D eigenvalue weighted by atomic mass is 32.1. The van der Waals surface area contributed by atoms with Gasteiger partial charge in [0.15, 0.2) is 0 Å². The molecule has 0 unspecified atom stereocenters. The summed E-state index contributed by atoms with van der Waals surface area (Å²) in [5.74, 6) is 1.83. The molecule has 1 fully saturated rings. The van der Waals surface area contributed by atoms with Crippen molar-refractivity contribution in [2.24, 2.45) is 7.05 Å². The number of hydrogen-bond acceptors (Lipinski definition) is 4. The van der Waals surface area contributed by atoms with E-state index in [9.17, 15) is 0 Å². The third kappa shape index (κ3) is 3.53. The molecular weight excluding hydrogens is 328 g/mol. The highest BCUT2D eigenvalue weighted by Gasteiger charge is 2.23. The SMILES string of the molecule is Cc1ccccc1-c1ncc(CN2CCC(c3nccn3C)CC2)s1. The standard InChI is InChI=1S/C20H24N4S/c1-15-5-3-4-6-18(15)20-22-13-17(25-20)14-24-10-7-16(8-11-24)19-21-9-12-23(19)2/h3-6,9,12-13,16H,7-8,10-11,14H2,1-2H3. The molecule has 0 N–H and O–H groups in total. The lowest BCUT2D eigenvalue weighted by molar-refractivity contribution is 0.202. The van der Waals surface area contributed by atoms with Gasteiger partial charge in [-0.1, -0.05) is 24.3 Å². The molecule has 0 bridgehead atoms. The summed E-state index contributed by atoms with van der Waals surface area (Å²) in [5.41, 5.74) is 2.55. The summed E-state index contributed by atoms with van der Waals surface area (Å²) in [7, 11) is 2.10. The van der Waals surface area contributed by atoms with Crippen LogP contribution < -0.4 is 0 Å². The molecule has 0 atom stereocenters. The van der Waals surface area contributed by atoms with Crippen molar-refractivity contribution in [1.82, 2.24) is 19.4 Å². The second kappa shape index (κ2) is 7.10. The van der Waals surface area contributed by atoms with E-state index in [1.54, 1.807) is 0 Å². The zero-order valence-corrected chi connectivity index (χ0v) is 15.7. The molecule has 0 spiro atoms. The average Bonchev–Trinajstić information content (AvgIpc) is 3.25. The molecule has 4 nitrogen and oxygen atoms in total. The topological polar surface area (TPSA) is 34.0 Å². The molecule has 0 amide bonds. The van der Waals surface area contributed by atoms with Gasteiger partial charge in [-0.25, -0.2) is 9.97 Å². The van der Waals surface area contributed by atoms with Crippen molar-refractivity contribution in [1.29, 1.82) is 0 Å². The number of aryl methyl sites for hydroxylation is 2. The second-order valence-corrected chi connectivity index (χ2v) is 8.01. The van der Waals surface area contributed by atoms with Gasteiger partial charge < -0.3 is 4.57 Å². The first kappa shape index (κ1) is 16.5. The van der Waals surface area contributed by atoms with Gasteiger partial charge in [0.1, 0.15) is 10.8 Å². The number of benzene rings is 1. The lowest BCUT2D eigenvalue weighted by Crippen LogP contribution is -2.32. The van der Waals surface area contributed by atoms with E-state index in [0.717, 1.165) is 24.6 Å². The molecule has 0 radical (unpaired) electrons. The summed E-state index contributed by atoms with van der Waals surface area (Å²) in [6, 6.07) is 8.49. The van der Waals surface area contributed by atoms with Crippen LogP contribution in [0.3, 0.4) is 0 Å². The van der Waals surface area contributed by atoms with Crippen LogP contribution in [0.25, 0.3) is 10.6 Å². The zero-order chi connectivity index (χ0) is 17.2. The van der Waals surface area contributed by atoms with E-state index in [0.29, 0.717) is 5.92 Å². The van der Waals surface area contributed by atoms with Crippen LogP contribution in [0.4, 0.5) is 0 Å². The number of piperidine rings is 1. The molecule has 25 heavy (non-hydrogen) atoms. The fraction of sp³-hybridized carbons (Fsp3) is 0.400. The molecule has 3 aromatic rings. The van der Waals surface area contributed by atoms with Gasteiger partial charge in [0, 0.05) is 48.5 Å². The summed E-state index contributed by atoms with van der Waals surface area (Å²) in [6.45, 7) is 5.43. The van der Waals surface area contributed by atoms with E-state index in [1.165, 1.54) is 34.7 Å². The van der Waals surface area contributed by atoms with E-state index >= 15 is 0 Å². The molecule has 3 heterocycles. The van der Waals surface area contributed by atoms with Crippen molar-refractivity contribution >= 4 is 11.3 Å². The number of nitrogens with zero attached hydrogens (tertiary/aromatic N) is 4. The second-order valence-electron chi connectivity index (χ2n) is 6.89. The quantitative estimate of drug-likeness (QED) is 0.704. The number of aromatic nitrogens is 3. The highest BCUT2D eigenvalue weighted by Crippen LogP contribution is 2.31. The van der Waals surface area contributed by atoms with E-state index in [-0.39, 0.29) is 0 Å². The number of imidazole rings is 1. The number of thiazole rings is 1. The summed E-state index contributed by atoms with van der Waals surface area (Å²) >= 11 is 1.83. The Morgan fingerprint density at radius 3 is 2.68 bits per heavy atom. The lowest BCUT2D eigenvalue weighted by Gasteiger charge is -2.31. The maximum absolute atomic E-state index is 4.66. The van der Waals surface area contributed by atoms with E-state index < -0.39 is 0 Å². The van der Waals surface area contributed by atoms with Crippen LogP contribution in [0.5, 0.6) is 0 Å². The fourth-order valence-corrected chi connectivity index (χ4v) is 4.70. The maximum atomic E-state index is 4.66. The van der Waals surface area contributed by atoms with E-state index in [4.69, 9.17) is 0 Å². The molecule has 1 aromatic carbocycles. The lowest BCUT2D eigenvalue weighted by atomic mass is 9.96. The maximum Gasteiger partial charge on any atom is 0.123 e. The Morgan fingerprint density at radius 1 is 1.16 bits per heavy atom. The largest absolute Gasteiger partial charge is 0.338 e. The number of hydrogen-bond donors (Lipinski definition) is 0. The number of rotatable bonds is 4. The van der Waals surface area contributed by atoms with Gasteiger partial charge in [-0.2, -0.15) is 0 Å². The average molecular weight is 353 g/mol. The summed E-state index contributed by atoms with van der Waals surface area (Å²) in [6.07, 6.45) is 8.39. The molecule has 0 saturated carbocycles. The molecule has 1 saturated heterocycles. The Morgan fingerprint density at radius 2 is 1.96 bits per heavy atom. The third-order valence-corrected chi connectivity index (χ3v) is 6.14. The minimum Gasteiger partial charge on any atom is -0.338 e. The van der Waals surface area contributed by atoms with Gasteiger partial charge in [0.25, 0.3) is 0 Å². The van der Waals surface area contributed by atoms with E-state index in [2.05, 4.69) is 63.9 Å². The first-order valence-corrected chi connectivity index (χ1v) is 9.72. The van der Waals surface area contributed by atoms with Crippen LogP contribution in [0.1, 0.15) is 35.0 Å². The Labute approximate surface area is 153 Å².